The van der Waals surface area contributed by atoms with E-state index < -0.39 is 0 Å². The van der Waals surface area contributed by atoms with Crippen LogP contribution in [0.2, 0.25) is 0 Å². The number of hydrogen-bond donors (Lipinski definition) is 1. The zero-order valence-electron chi connectivity index (χ0n) is 11.7. The molecular formula is C15H18N4O2. The van der Waals surface area contributed by atoms with Crippen LogP contribution in [0.15, 0.2) is 36.9 Å². The van der Waals surface area contributed by atoms with Crippen LogP contribution >= 0.6 is 0 Å². The van der Waals surface area contributed by atoms with Crippen molar-refractivity contribution in [2.75, 3.05) is 19.8 Å². The molecule has 0 saturated carbocycles. The molecule has 1 fully saturated rings. The highest BCUT2D eigenvalue weighted by Gasteiger charge is 2.22. The molecule has 110 valence electrons. The van der Waals surface area contributed by atoms with Gasteiger partial charge in [-0.15, -0.1) is 0 Å². The molecule has 0 aliphatic carbocycles. The van der Waals surface area contributed by atoms with E-state index in [2.05, 4.69) is 15.4 Å². The largest absolute Gasteiger partial charge is 0.381 e. The van der Waals surface area contributed by atoms with E-state index in [1.165, 1.54) is 0 Å². The Kier molecular flexibility index (Phi) is 4.25. The van der Waals surface area contributed by atoms with Crippen LogP contribution < -0.4 is 5.32 Å². The Balaban J connectivity index is 1.50. The van der Waals surface area contributed by atoms with E-state index in [0.717, 1.165) is 17.5 Å². The molecule has 21 heavy (non-hydrogen) atoms. The van der Waals surface area contributed by atoms with Gasteiger partial charge in [0.05, 0.1) is 25.3 Å². The molecule has 6 heteroatoms. The van der Waals surface area contributed by atoms with Gasteiger partial charge < -0.3 is 10.1 Å². The van der Waals surface area contributed by atoms with Crippen LogP contribution in [0.1, 0.15) is 6.42 Å². The van der Waals surface area contributed by atoms with Crippen LogP contribution in [-0.2, 0) is 16.1 Å². The van der Waals surface area contributed by atoms with Crippen LogP contribution in [0.3, 0.4) is 0 Å². The van der Waals surface area contributed by atoms with E-state index in [4.69, 9.17) is 4.74 Å². The average molecular weight is 286 g/mol. The molecule has 0 radical (unpaired) electrons. The summed E-state index contributed by atoms with van der Waals surface area (Å²) in [5.74, 6) is 0.0871. The fourth-order valence-electron chi connectivity index (χ4n) is 2.36. The lowest BCUT2D eigenvalue weighted by molar-refractivity contribution is -0.124. The highest BCUT2D eigenvalue weighted by Crippen LogP contribution is 2.16. The molecule has 3 rings (SSSR count). The van der Waals surface area contributed by atoms with Crippen LogP contribution in [0.25, 0.3) is 11.1 Å². The predicted octanol–water partition coefficient (Wildman–Crippen LogP) is 1.10. The Morgan fingerprint density at radius 1 is 1.38 bits per heavy atom. The minimum absolute atomic E-state index is 0.00926. The Labute approximate surface area is 123 Å². The predicted molar refractivity (Wildman–Crippen MR) is 77.4 cm³/mol. The molecule has 0 aromatic carbocycles. The number of nitrogens with one attached hydrogen (secondary N) is 1. The topological polar surface area (TPSA) is 69.0 Å². The van der Waals surface area contributed by atoms with E-state index in [0.29, 0.717) is 26.3 Å². The van der Waals surface area contributed by atoms with Gasteiger partial charge in [-0.1, -0.05) is 0 Å². The van der Waals surface area contributed by atoms with Crippen molar-refractivity contribution >= 4 is 5.91 Å². The molecule has 1 aliphatic heterocycles. The number of carbonyl (C=O) groups excluding carboxylic acids is 1. The first-order chi connectivity index (χ1) is 10.3. The lowest BCUT2D eigenvalue weighted by Crippen LogP contribution is -2.33. The minimum atomic E-state index is 0.00926. The summed E-state index contributed by atoms with van der Waals surface area (Å²) in [6, 6.07) is 3.90. The first-order valence-corrected chi connectivity index (χ1v) is 7.11. The van der Waals surface area contributed by atoms with Crippen LogP contribution in [-0.4, -0.2) is 40.4 Å². The summed E-state index contributed by atoms with van der Waals surface area (Å²) < 4.78 is 7.05. The molecule has 1 saturated heterocycles. The zero-order chi connectivity index (χ0) is 14.5. The summed E-state index contributed by atoms with van der Waals surface area (Å²) in [6.45, 7) is 2.46. The van der Waals surface area contributed by atoms with E-state index >= 15 is 0 Å². The van der Waals surface area contributed by atoms with Gasteiger partial charge in [-0.05, 0) is 24.1 Å². The van der Waals surface area contributed by atoms with Crippen molar-refractivity contribution < 1.29 is 9.53 Å². The highest BCUT2D eigenvalue weighted by molar-refractivity contribution is 5.78. The summed E-state index contributed by atoms with van der Waals surface area (Å²) in [6.07, 6.45) is 8.13. The SMILES string of the molecule is O=C(NCCn1cc(-c2ccncc2)cn1)[C@@H]1CCOC1. The summed E-state index contributed by atoms with van der Waals surface area (Å²) in [5, 5.41) is 7.24. The molecular weight excluding hydrogens is 268 g/mol. The van der Waals surface area contributed by atoms with Gasteiger partial charge in [-0.25, -0.2) is 0 Å². The maximum atomic E-state index is 11.8. The van der Waals surface area contributed by atoms with Crippen molar-refractivity contribution in [3.63, 3.8) is 0 Å². The van der Waals surface area contributed by atoms with E-state index in [1.807, 2.05) is 29.2 Å². The summed E-state index contributed by atoms with van der Waals surface area (Å²) in [4.78, 5) is 15.8. The molecule has 1 aliphatic rings. The normalized spacial score (nSPS) is 17.8. The Morgan fingerprint density at radius 2 is 2.24 bits per heavy atom. The molecule has 2 aromatic rings. The second kappa shape index (κ2) is 6.49. The summed E-state index contributed by atoms with van der Waals surface area (Å²) in [7, 11) is 0. The van der Waals surface area contributed by atoms with Gasteiger partial charge in [-0.2, -0.15) is 5.10 Å². The van der Waals surface area contributed by atoms with Crippen molar-refractivity contribution in [3.05, 3.63) is 36.9 Å². The molecule has 6 nitrogen and oxygen atoms in total. The maximum absolute atomic E-state index is 11.8. The molecule has 3 heterocycles. The van der Waals surface area contributed by atoms with Gasteiger partial charge >= 0.3 is 0 Å². The lowest BCUT2D eigenvalue weighted by atomic mass is 10.1. The zero-order valence-corrected chi connectivity index (χ0v) is 11.7. The number of rotatable bonds is 5. The summed E-state index contributed by atoms with van der Waals surface area (Å²) >= 11 is 0. The smallest absolute Gasteiger partial charge is 0.225 e. The third-order valence-electron chi connectivity index (χ3n) is 3.59. The van der Waals surface area contributed by atoms with Crippen molar-refractivity contribution in [2.45, 2.75) is 13.0 Å². The fourth-order valence-corrected chi connectivity index (χ4v) is 2.36. The standard InChI is InChI=1S/C15H18N4O2/c20-15(13-3-8-21-11-13)17-6-7-19-10-14(9-18-19)12-1-4-16-5-2-12/h1-2,4-5,9-10,13H,3,6-8,11H2,(H,17,20)/t13-/m1/s1. The number of ether oxygens (including phenoxy) is 1. The number of amides is 1. The highest BCUT2D eigenvalue weighted by atomic mass is 16.5. The van der Waals surface area contributed by atoms with Crippen molar-refractivity contribution in [1.29, 1.82) is 0 Å². The van der Waals surface area contributed by atoms with Crippen molar-refractivity contribution in [3.8, 4) is 11.1 Å². The molecule has 0 spiro atoms. The van der Waals surface area contributed by atoms with E-state index in [9.17, 15) is 4.79 Å². The van der Waals surface area contributed by atoms with Crippen LogP contribution in [0, 0.1) is 5.92 Å². The van der Waals surface area contributed by atoms with Crippen LogP contribution in [0.5, 0.6) is 0 Å². The third-order valence-corrected chi connectivity index (χ3v) is 3.59. The number of aromatic nitrogens is 3. The monoisotopic (exact) mass is 286 g/mol. The number of pyridine rings is 1. The molecule has 1 amide bonds. The van der Waals surface area contributed by atoms with Gasteiger partial charge in [0.15, 0.2) is 0 Å². The molecule has 0 bridgehead atoms. The van der Waals surface area contributed by atoms with Gasteiger partial charge in [0.25, 0.3) is 0 Å². The quantitative estimate of drug-likeness (QED) is 0.893. The first-order valence-electron chi connectivity index (χ1n) is 7.11. The second-order valence-electron chi connectivity index (χ2n) is 5.08. The third kappa shape index (κ3) is 3.46. The first kappa shape index (κ1) is 13.8. The Hall–Kier alpha value is -2.21. The number of hydrogen-bond acceptors (Lipinski definition) is 4. The molecule has 0 unspecified atom stereocenters. The van der Waals surface area contributed by atoms with Gasteiger partial charge in [0.1, 0.15) is 0 Å². The number of carbonyl (C=O) groups is 1. The average Bonchev–Trinajstić information content (AvgIpc) is 3.20. The Morgan fingerprint density at radius 3 is 3.00 bits per heavy atom. The second-order valence-corrected chi connectivity index (χ2v) is 5.08. The molecule has 2 aromatic heterocycles. The van der Waals surface area contributed by atoms with Gasteiger partial charge in [-0.3, -0.25) is 14.5 Å². The molecule has 1 N–H and O–H groups in total. The Bertz CT molecular complexity index is 591. The van der Waals surface area contributed by atoms with Crippen molar-refractivity contribution in [2.24, 2.45) is 5.92 Å². The van der Waals surface area contributed by atoms with Gasteiger partial charge in [0, 0.05) is 37.3 Å². The number of nitrogens with zero attached hydrogens (tertiary/aromatic N) is 3. The summed E-state index contributed by atoms with van der Waals surface area (Å²) in [5.41, 5.74) is 2.14. The minimum Gasteiger partial charge on any atom is -0.381 e. The molecule has 1 atom stereocenters. The maximum Gasteiger partial charge on any atom is 0.225 e. The van der Waals surface area contributed by atoms with Crippen molar-refractivity contribution in [1.82, 2.24) is 20.1 Å². The fraction of sp³-hybridized carbons (Fsp3) is 0.400. The van der Waals surface area contributed by atoms with Crippen LogP contribution in [0.4, 0.5) is 0 Å². The van der Waals surface area contributed by atoms with E-state index in [-0.39, 0.29) is 11.8 Å². The lowest BCUT2D eigenvalue weighted by Gasteiger charge is -2.09. The van der Waals surface area contributed by atoms with Gasteiger partial charge in [0.2, 0.25) is 5.91 Å². The van der Waals surface area contributed by atoms with E-state index in [1.54, 1.807) is 12.4 Å².